The van der Waals surface area contributed by atoms with Crippen LogP contribution >= 0.6 is 11.6 Å². The fourth-order valence-corrected chi connectivity index (χ4v) is 1.74. The molecule has 0 atom stereocenters. The zero-order valence-electron chi connectivity index (χ0n) is 11.3. The minimum Gasteiger partial charge on any atom is -0.481 e. The van der Waals surface area contributed by atoms with Crippen LogP contribution in [0.2, 0.25) is 5.02 Å². The van der Waals surface area contributed by atoms with Crippen molar-refractivity contribution in [3.63, 3.8) is 0 Å². The number of methoxy groups -OCH3 is 2. The number of aromatic nitrogens is 2. The Balaban J connectivity index is 2.40. The minimum absolute atomic E-state index is 0.0149. The number of nitrogens with zero attached hydrogens (tertiary/aromatic N) is 3. The van der Waals surface area contributed by atoms with Crippen LogP contribution in [0.15, 0.2) is 29.4 Å². The molecule has 1 N–H and O–H groups in total. The molecule has 0 fully saturated rings. The quantitative estimate of drug-likeness (QED) is 0.519. The SMILES string of the molecule is COc1cc(OC)nc(Oc2cccc(Cl)c2C=NO)n1. The van der Waals surface area contributed by atoms with Gasteiger partial charge in [0.15, 0.2) is 0 Å². The molecule has 8 heteroatoms. The van der Waals surface area contributed by atoms with Crippen molar-refractivity contribution in [2.24, 2.45) is 5.16 Å². The van der Waals surface area contributed by atoms with Gasteiger partial charge in [-0.05, 0) is 12.1 Å². The molecule has 2 aromatic rings. The van der Waals surface area contributed by atoms with E-state index in [0.29, 0.717) is 16.3 Å². The molecule has 1 aromatic heterocycles. The first-order valence-corrected chi connectivity index (χ1v) is 6.16. The van der Waals surface area contributed by atoms with E-state index in [1.165, 1.54) is 20.3 Å². The lowest BCUT2D eigenvalue weighted by Crippen LogP contribution is -1.99. The van der Waals surface area contributed by atoms with Gasteiger partial charge in [0.2, 0.25) is 11.8 Å². The molecule has 0 spiro atoms. The van der Waals surface area contributed by atoms with E-state index < -0.39 is 0 Å². The van der Waals surface area contributed by atoms with Gasteiger partial charge in [0.25, 0.3) is 0 Å². The predicted molar refractivity (Wildman–Crippen MR) is 76.0 cm³/mol. The Bertz CT molecular complexity index is 642. The normalized spacial score (nSPS) is 10.6. The molecular formula is C13H12ClN3O4. The highest BCUT2D eigenvalue weighted by molar-refractivity contribution is 6.33. The van der Waals surface area contributed by atoms with Crippen molar-refractivity contribution < 1.29 is 19.4 Å². The molecule has 7 nitrogen and oxygen atoms in total. The van der Waals surface area contributed by atoms with Gasteiger partial charge < -0.3 is 19.4 Å². The fourth-order valence-electron chi connectivity index (χ4n) is 1.53. The van der Waals surface area contributed by atoms with Crippen LogP contribution < -0.4 is 14.2 Å². The van der Waals surface area contributed by atoms with E-state index in [0.717, 1.165) is 6.21 Å². The summed E-state index contributed by atoms with van der Waals surface area (Å²) in [6.45, 7) is 0. The molecule has 0 unspecified atom stereocenters. The first-order valence-electron chi connectivity index (χ1n) is 5.78. The number of hydrogen-bond acceptors (Lipinski definition) is 7. The number of oxime groups is 1. The molecule has 21 heavy (non-hydrogen) atoms. The first kappa shape index (κ1) is 14.9. The fraction of sp³-hybridized carbons (Fsp3) is 0.154. The second kappa shape index (κ2) is 6.76. The molecule has 0 bridgehead atoms. The maximum absolute atomic E-state index is 8.68. The summed E-state index contributed by atoms with van der Waals surface area (Å²) in [6, 6.07) is 6.49. The number of hydrogen-bond donors (Lipinski definition) is 1. The Hall–Kier alpha value is -2.54. The van der Waals surface area contributed by atoms with Gasteiger partial charge in [0.1, 0.15) is 5.75 Å². The molecule has 0 aliphatic rings. The van der Waals surface area contributed by atoms with Crippen molar-refractivity contribution in [2.45, 2.75) is 0 Å². The highest BCUT2D eigenvalue weighted by atomic mass is 35.5. The van der Waals surface area contributed by atoms with Crippen molar-refractivity contribution in [3.8, 4) is 23.5 Å². The van der Waals surface area contributed by atoms with Crippen LogP contribution in [0.1, 0.15) is 5.56 Å². The van der Waals surface area contributed by atoms with Crippen molar-refractivity contribution in [1.82, 2.24) is 9.97 Å². The number of rotatable bonds is 5. The molecule has 0 radical (unpaired) electrons. The average Bonchev–Trinajstić information content (AvgIpc) is 2.50. The van der Waals surface area contributed by atoms with Gasteiger partial charge in [-0.3, -0.25) is 0 Å². The Morgan fingerprint density at radius 3 is 2.43 bits per heavy atom. The molecule has 1 aromatic carbocycles. The molecule has 0 saturated carbocycles. The molecule has 110 valence electrons. The van der Waals surface area contributed by atoms with Crippen LogP contribution in [0, 0.1) is 0 Å². The molecule has 0 aliphatic heterocycles. The average molecular weight is 310 g/mol. The van der Waals surface area contributed by atoms with E-state index in [4.69, 9.17) is 31.0 Å². The van der Waals surface area contributed by atoms with Crippen LogP contribution in [0.25, 0.3) is 0 Å². The first-order chi connectivity index (χ1) is 10.2. The summed E-state index contributed by atoms with van der Waals surface area (Å²) < 4.78 is 15.6. The third kappa shape index (κ3) is 3.51. The molecule has 0 aliphatic carbocycles. The van der Waals surface area contributed by atoms with E-state index in [1.807, 2.05) is 0 Å². The van der Waals surface area contributed by atoms with Gasteiger partial charge in [-0.1, -0.05) is 22.8 Å². The lowest BCUT2D eigenvalue weighted by molar-refractivity contribution is 0.321. The summed E-state index contributed by atoms with van der Waals surface area (Å²) in [4.78, 5) is 8.08. The third-order valence-corrected chi connectivity index (χ3v) is 2.81. The largest absolute Gasteiger partial charge is 0.481 e. The smallest absolute Gasteiger partial charge is 0.328 e. The standard InChI is InChI=1S/C13H12ClN3O4/c1-19-11-6-12(20-2)17-13(16-11)21-10-5-3-4-9(14)8(10)7-15-18/h3-7,18H,1-2H3. The van der Waals surface area contributed by atoms with Crippen molar-refractivity contribution in [3.05, 3.63) is 34.9 Å². The van der Waals surface area contributed by atoms with Crippen LogP contribution in [0.5, 0.6) is 23.5 Å². The highest BCUT2D eigenvalue weighted by Crippen LogP contribution is 2.29. The van der Waals surface area contributed by atoms with Gasteiger partial charge in [0, 0.05) is 0 Å². The summed E-state index contributed by atoms with van der Waals surface area (Å²) in [5, 5.41) is 12.0. The Morgan fingerprint density at radius 2 is 1.86 bits per heavy atom. The lowest BCUT2D eigenvalue weighted by Gasteiger charge is -2.10. The van der Waals surface area contributed by atoms with E-state index in [-0.39, 0.29) is 17.8 Å². The number of ether oxygens (including phenoxy) is 3. The van der Waals surface area contributed by atoms with Crippen LogP contribution in [-0.2, 0) is 0 Å². The zero-order valence-corrected chi connectivity index (χ0v) is 12.0. The van der Waals surface area contributed by atoms with E-state index in [1.54, 1.807) is 18.2 Å². The molecule has 0 amide bonds. The van der Waals surface area contributed by atoms with Gasteiger partial charge >= 0.3 is 6.01 Å². The van der Waals surface area contributed by atoms with Crippen molar-refractivity contribution in [2.75, 3.05) is 14.2 Å². The second-order valence-electron chi connectivity index (χ2n) is 3.73. The molecule has 1 heterocycles. The summed E-state index contributed by atoms with van der Waals surface area (Å²) >= 11 is 6.02. The summed E-state index contributed by atoms with van der Waals surface area (Å²) in [6.07, 6.45) is 1.16. The third-order valence-electron chi connectivity index (χ3n) is 2.48. The van der Waals surface area contributed by atoms with Crippen LogP contribution in [0.3, 0.4) is 0 Å². The van der Waals surface area contributed by atoms with E-state index in [2.05, 4.69) is 15.1 Å². The summed E-state index contributed by atoms with van der Waals surface area (Å²) in [5.41, 5.74) is 0.395. The van der Waals surface area contributed by atoms with Gasteiger partial charge in [0.05, 0.1) is 37.1 Å². The second-order valence-corrected chi connectivity index (χ2v) is 4.14. The van der Waals surface area contributed by atoms with Gasteiger partial charge in [-0.2, -0.15) is 9.97 Å². The predicted octanol–water partition coefficient (Wildman–Crippen LogP) is 2.75. The van der Waals surface area contributed by atoms with E-state index >= 15 is 0 Å². The van der Waals surface area contributed by atoms with Gasteiger partial charge in [-0.25, -0.2) is 0 Å². The Morgan fingerprint density at radius 1 is 1.19 bits per heavy atom. The maximum Gasteiger partial charge on any atom is 0.328 e. The summed E-state index contributed by atoms with van der Waals surface area (Å²) in [7, 11) is 2.93. The number of benzene rings is 1. The van der Waals surface area contributed by atoms with Gasteiger partial charge in [-0.15, -0.1) is 0 Å². The van der Waals surface area contributed by atoms with Crippen molar-refractivity contribution >= 4 is 17.8 Å². The topological polar surface area (TPSA) is 86.1 Å². The van der Waals surface area contributed by atoms with Crippen molar-refractivity contribution in [1.29, 1.82) is 0 Å². The minimum atomic E-state index is 0.0149. The molecular weight excluding hydrogens is 298 g/mol. The number of halogens is 1. The maximum atomic E-state index is 8.68. The lowest BCUT2D eigenvalue weighted by atomic mass is 10.2. The van der Waals surface area contributed by atoms with Crippen LogP contribution in [-0.4, -0.2) is 35.6 Å². The van der Waals surface area contributed by atoms with Crippen LogP contribution in [0.4, 0.5) is 0 Å². The van der Waals surface area contributed by atoms with E-state index in [9.17, 15) is 0 Å². The Labute approximate surface area is 125 Å². The Kier molecular flexibility index (Phi) is 4.78. The summed E-state index contributed by atoms with van der Waals surface area (Å²) in [5.74, 6) is 0.906. The monoisotopic (exact) mass is 309 g/mol. The zero-order chi connectivity index (χ0) is 15.2. The molecule has 0 saturated heterocycles. The highest BCUT2D eigenvalue weighted by Gasteiger charge is 2.12. The molecule has 2 rings (SSSR count).